The van der Waals surface area contributed by atoms with Crippen LogP contribution in [0.5, 0.6) is 0 Å². The predicted molar refractivity (Wildman–Crippen MR) is 164 cm³/mol. The van der Waals surface area contributed by atoms with E-state index in [0.29, 0.717) is 17.9 Å². The molecule has 0 saturated carbocycles. The van der Waals surface area contributed by atoms with Crippen molar-refractivity contribution in [1.29, 1.82) is 0 Å². The average molecular weight is 588 g/mol. The summed E-state index contributed by atoms with van der Waals surface area (Å²) in [7, 11) is -3.55. The molecule has 4 atom stereocenters. The molecular formula is C33H46ClNO4S. The van der Waals surface area contributed by atoms with Crippen LogP contribution >= 0.6 is 11.6 Å². The zero-order valence-electron chi connectivity index (χ0n) is 25.5. The van der Waals surface area contributed by atoms with Gasteiger partial charge in [0.25, 0.3) is 0 Å². The van der Waals surface area contributed by atoms with Gasteiger partial charge in [-0.1, -0.05) is 88.2 Å². The lowest BCUT2D eigenvalue weighted by Crippen LogP contribution is -2.58. The number of likely N-dealkylation sites (tertiary alicyclic amines) is 1. The van der Waals surface area contributed by atoms with Crippen LogP contribution in [0, 0.1) is 17.8 Å². The molecule has 0 unspecified atom stereocenters. The van der Waals surface area contributed by atoms with Gasteiger partial charge in [-0.05, 0) is 63.8 Å². The van der Waals surface area contributed by atoms with Gasteiger partial charge in [-0.2, -0.15) is 0 Å². The monoisotopic (exact) mass is 587 g/mol. The van der Waals surface area contributed by atoms with Gasteiger partial charge in [-0.15, -0.1) is 0 Å². The minimum Gasteiger partial charge on any atom is -0.331 e. The molecule has 1 heterocycles. The molecule has 0 aliphatic carbocycles. The molecule has 0 bridgehead atoms. The Kier molecular flexibility index (Phi) is 9.38. The zero-order chi connectivity index (χ0) is 30.3. The first kappa shape index (κ1) is 32.3. The van der Waals surface area contributed by atoms with E-state index in [1.54, 1.807) is 20.8 Å². The van der Waals surface area contributed by atoms with E-state index in [1.807, 2.05) is 95.0 Å². The lowest BCUT2D eigenvalue weighted by Gasteiger charge is -2.52. The first-order valence-corrected chi connectivity index (χ1v) is 16.2. The fourth-order valence-electron chi connectivity index (χ4n) is 5.57. The molecule has 1 aliphatic rings. The highest BCUT2D eigenvalue weighted by Crippen LogP contribution is 2.53. The van der Waals surface area contributed by atoms with Crippen molar-refractivity contribution in [3.8, 4) is 0 Å². The third kappa shape index (κ3) is 6.82. The second-order valence-corrected chi connectivity index (χ2v) is 17.0. The maximum Gasteiger partial charge on any atom is 0.229 e. The average Bonchev–Trinajstić information content (AvgIpc) is 2.83. The van der Waals surface area contributed by atoms with Crippen molar-refractivity contribution in [2.24, 2.45) is 10.8 Å². The third-order valence-electron chi connectivity index (χ3n) is 8.39. The number of benzene rings is 2. The van der Waals surface area contributed by atoms with Gasteiger partial charge in [0, 0.05) is 28.8 Å². The summed E-state index contributed by atoms with van der Waals surface area (Å²) >= 11 is 6.47. The quantitative estimate of drug-likeness (QED) is 0.317. The smallest absolute Gasteiger partial charge is 0.229 e. The van der Waals surface area contributed by atoms with E-state index < -0.39 is 37.5 Å². The van der Waals surface area contributed by atoms with E-state index >= 15 is 0 Å². The molecule has 40 heavy (non-hydrogen) atoms. The Bertz CT molecular complexity index is 1340. The number of ketones is 1. The summed E-state index contributed by atoms with van der Waals surface area (Å²) in [5, 5.41) is 0.596. The summed E-state index contributed by atoms with van der Waals surface area (Å²) in [6.45, 7) is 16.5. The minimum atomic E-state index is -3.55. The molecule has 1 fully saturated rings. The summed E-state index contributed by atoms with van der Waals surface area (Å²) in [5.74, 6) is -0.488. The molecule has 1 aliphatic heterocycles. The summed E-state index contributed by atoms with van der Waals surface area (Å²) in [4.78, 5) is 29.9. The van der Waals surface area contributed by atoms with E-state index in [4.69, 9.17) is 11.6 Å². The molecule has 1 saturated heterocycles. The number of aryl methyl sites for hydroxylation is 1. The minimum absolute atomic E-state index is 0.0114. The summed E-state index contributed by atoms with van der Waals surface area (Å²) in [5.41, 5.74) is 1.41. The zero-order valence-corrected chi connectivity index (χ0v) is 27.1. The highest BCUT2D eigenvalue weighted by atomic mass is 35.5. The predicted octanol–water partition coefficient (Wildman–Crippen LogP) is 7.71. The van der Waals surface area contributed by atoms with Gasteiger partial charge in [0.2, 0.25) is 5.91 Å². The van der Waals surface area contributed by atoms with Crippen LogP contribution in [0.25, 0.3) is 0 Å². The van der Waals surface area contributed by atoms with Gasteiger partial charge in [-0.3, -0.25) is 9.59 Å². The Hall–Kier alpha value is -2.18. The van der Waals surface area contributed by atoms with Gasteiger partial charge in [0.05, 0.1) is 22.0 Å². The maximum absolute atomic E-state index is 14.7. The number of nitrogens with zero attached hydrogens (tertiary/aromatic N) is 1. The van der Waals surface area contributed by atoms with E-state index in [9.17, 15) is 18.0 Å². The first-order valence-electron chi connectivity index (χ1n) is 14.2. The molecule has 1 amide bonds. The molecule has 0 radical (unpaired) electrons. The Morgan fingerprint density at radius 1 is 1.05 bits per heavy atom. The lowest BCUT2D eigenvalue weighted by atomic mass is 9.65. The summed E-state index contributed by atoms with van der Waals surface area (Å²) in [6, 6.07) is 14.8. The third-order valence-corrected chi connectivity index (χ3v) is 11.3. The van der Waals surface area contributed by atoms with Crippen molar-refractivity contribution in [1.82, 2.24) is 4.90 Å². The maximum atomic E-state index is 14.7. The van der Waals surface area contributed by atoms with Crippen LogP contribution in [0.4, 0.5) is 0 Å². The van der Waals surface area contributed by atoms with Crippen LogP contribution in [0.2, 0.25) is 5.02 Å². The van der Waals surface area contributed by atoms with Gasteiger partial charge in [-0.25, -0.2) is 8.42 Å². The van der Waals surface area contributed by atoms with Crippen molar-refractivity contribution in [3.63, 3.8) is 0 Å². The second-order valence-electron chi connectivity index (χ2n) is 13.8. The van der Waals surface area contributed by atoms with Gasteiger partial charge in [0.1, 0.15) is 5.78 Å². The number of carbonyl (C=O) groups excluding carboxylic acids is 2. The molecule has 220 valence electrons. The van der Waals surface area contributed by atoms with Crippen LogP contribution in [-0.4, -0.2) is 41.5 Å². The molecule has 2 aromatic carbocycles. The largest absolute Gasteiger partial charge is 0.331 e. The molecule has 7 heteroatoms. The van der Waals surface area contributed by atoms with Gasteiger partial charge in [0.15, 0.2) is 9.84 Å². The molecule has 0 aromatic heterocycles. The number of carbonyl (C=O) groups is 2. The fraction of sp³-hybridized carbons (Fsp3) is 0.576. The standard InChI is InChI=1S/C33H46ClNO4S/c1-10-26(21-40(38,39)32(6,7)8)35-29(23-16-14-22(2)15-17-23)27(24-12-11-13-25(34)18-24)19-33(9,30(35)37)20-28(36)31(3,4)5/h11-18,26-27,29H,10,19-21H2,1-9H3/t26-,27+,29+,33+/m0/s1. The highest BCUT2D eigenvalue weighted by Gasteiger charge is 2.53. The van der Waals surface area contributed by atoms with E-state index in [2.05, 4.69) is 0 Å². The fourth-order valence-corrected chi connectivity index (χ4v) is 7.17. The van der Waals surface area contributed by atoms with Crippen molar-refractivity contribution in [3.05, 3.63) is 70.2 Å². The summed E-state index contributed by atoms with van der Waals surface area (Å²) in [6.07, 6.45) is 1.01. The molecule has 0 spiro atoms. The van der Waals surface area contributed by atoms with Gasteiger partial charge < -0.3 is 4.90 Å². The van der Waals surface area contributed by atoms with Crippen molar-refractivity contribution < 1.29 is 18.0 Å². The van der Waals surface area contributed by atoms with Crippen LogP contribution < -0.4 is 0 Å². The Morgan fingerprint density at radius 2 is 1.65 bits per heavy atom. The number of piperidine rings is 1. The van der Waals surface area contributed by atoms with Crippen LogP contribution in [0.3, 0.4) is 0 Å². The molecule has 0 N–H and O–H groups in total. The van der Waals surface area contributed by atoms with E-state index in [0.717, 1.165) is 16.7 Å². The number of hydrogen-bond acceptors (Lipinski definition) is 4. The highest BCUT2D eigenvalue weighted by molar-refractivity contribution is 7.92. The molecular weight excluding hydrogens is 542 g/mol. The lowest BCUT2D eigenvalue weighted by molar-refractivity contribution is -0.157. The van der Waals surface area contributed by atoms with Crippen molar-refractivity contribution in [2.45, 2.75) is 104 Å². The second kappa shape index (κ2) is 11.6. The van der Waals surface area contributed by atoms with Crippen LogP contribution in [0.15, 0.2) is 48.5 Å². The molecule has 5 nitrogen and oxygen atoms in total. The number of Topliss-reactive ketones (excluding diaryl/α,β-unsaturated/α-hetero) is 1. The number of rotatable bonds is 8. The van der Waals surface area contributed by atoms with Crippen molar-refractivity contribution >= 4 is 33.1 Å². The molecule has 3 rings (SSSR count). The summed E-state index contributed by atoms with van der Waals surface area (Å²) < 4.78 is 26.1. The first-order chi connectivity index (χ1) is 18.3. The number of hydrogen-bond donors (Lipinski definition) is 0. The topological polar surface area (TPSA) is 71.5 Å². The Morgan fingerprint density at radius 3 is 2.15 bits per heavy atom. The molecule has 2 aromatic rings. The SMILES string of the molecule is CC[C@@H](CS(=O)(=O)C(C)(C)C)N1C(=O)[C@@](C)(CC(=O)C(C)(C)C)C[C@H](c2cccc(Cl)c2)[C@H]1c1ccc(C)cc1. The number of sulfone groups is 1. The normalized spacial score (nSPS) is 23.2. The van der Waals surface area contributed by atoms with Crippen LogP contribution in [0.1, 0.15) is 103 Å². The van der Waals surface area contributed by atoms with Crippen molar-refractivity contribution in [2.75, 3.05) is 5.75 Å². The Labute approximate surface area is 246 Å². The number of amides is 1. The Balaban J connectivity index is 2.29. The van der Waals surface area contributed by atoms with E-state index in [1.165, 1.54) is 0 Å². The van der Waals surface area contributed by atoms with Crippen LogP contribution in [-0.2, 0) is 19.4 Å². The number of halogens is 1. The van der Waals surface area contributed by atoms with E-state index in [-0.39, 0.29) is 29.8 Å². The van der Waals surface area contributed by atoms with Gasteiger partial charge >= 0.3 is 0 Å².